The number of carbonyl (C=O) groups is 4. The van der Waals surface area contributed by atoms with Crippen LogP contribution in [-0.2, 0) is 36.8 Å². The lowest BCUT2D eigenvalue weighted by Gasteiger charge is -2.25. The summed E-state index contributed by atoms with van der Waals surface area (Å²) in [6.07, 6.45) is 1.73. The van der Waals surface area contributed by atoms with Crippen molar-refractivity contribution in [1.29, 1.82) is 0 Å². The molecule has 2 heterocycles. The van der Waals surface area contributed by atoms with Gasteiger partial charge in [0.1, 0.15) is 13.1 Å². The zero-order valence-corrected chi connectivity index (χ0v) is 20.5. The van der Waals surface area contributed by atoms with E-state index in [1.807, 2.05) is 42.5 Å². The number of aliphatic carboxylic acids is 2. The summed E-state index contributed by atoms with van der Waals surface area (Å²) >= 11 is 0. The SMILES string of the molecule is O=C(O)CN1C(=O)[C@H]([NH2+]C(CCc2ccccc2)C(=O)O[C@H]2C[NH2+][C@H](C(=O)O)C2)CCc2ccccc21. The van der Waals surface area contributed by atoms with Gasteiger partial charge in [-0.1, -0.05) is 48.5 Å². The Balaban J connectivity index is 1.52. The smallest absolute Gasteiger partial charge is 0.365 e. The van der Waals surface area contributed by atoms with Gasteiger partial charge in [0, 0.05) is 18.5 Å². The van der Waals surface area contributed by atoms with Gasteiger partial charge in [0.15, 0.2) is 24.2 Å². The second-order valence-corrected chi connectivity index (χ2v) is 9.63. The lowest BCUT2D eigenvalue weighted by atomic mass is 10.0. The van der Waals surface area contributed by atoms with Gasteiger partial charge in [-0.05, 0) is 30.0 Å². The zero-order chi connectivity index (χ0) is 26.4. The summed E-state index contributed by atoms with van der Waals surface area (Å²) in [4.78, 5) is 51.0. The molecule has 1 saturated heterocycles. The Hall–Kier alpha value is -3.76. The first-order valence-electron chi connectivity index (χ1n) is 12.6. The number of nitrogens with two attached hydrogens (primary N) is 2. The molecule has 6 N–H and O–H groups in total. The van der Waals surface area contributed by atoms with Gasteiger partial charge in [-0.2, -0.15) is 0 Å². The van der Waals surface area contributed by atoms with Crippen LogP contribution in [0.5, 0.6) is 0 Å². The largest absolute Gasteiger partial charge is 0.480 e. The van der Waals surface area contributed by atoms with Gasteiger partial charge < -0.3 is 25.6 Å². The van der Waals surface area contributed by atoms with Gasteiger partial charge in [0.05, 0.1) is 6.42 Å². The molecule has 0 aliphatic carbocycles. The average Bonchev–Trinajstić information content (AvgIpc) is 3.31. The third kappa shape index (κ3) is 6.72. The number of para-hydroxylation sites is 1. The molecular weight excluding hydrogens is 478 g/mol. The number of esters is 1. The van der Waals surface area contributed by atoms with Gasteiger partial charge >= 0.3 is 17.9 Å². The summed E-state index contributed by atoms with van der Waals surface area (Å²) in [5.74, 6) is -2.90. The van der Waals surface area contributed by atoms with E-state index in [0.29, 0.717) is 37.9 Å². The Morgan fingerprint density at radius 3 is 2.51 bits per heavy atom. The number of nitrogens with zero attached hydrogens (tertiary/aromatic N) is 1. The van der Waals surface area contributed by atoms with E-state index in [2.05, 4.69) is 0 Å². The van der Waals surface area contributed by atoms with E-state index in [4.69, 9.17) is 4.74 Å². The molecule has 0 radical (unpaired) electrons. The molecule has 37 heavy (non-hydrogen) atoms. The predicted octanol–water partition coefficient (Wildman–Crippen LogP) is -0.684. The van der Waals surface area contributed by atoms with E-state index < -0.39 is 48.7 Å². The maximum absolute atomic E-state index is 13.5. The van der Waals surface area contributed by atoms with Crippen LogP contribution < -0.4 is 15.5 Å². The number of rotatable bonds is 10. The van der Waals surface area contributed by atoms with Crippen molar-refractivity contribution in [3.05, 3.63) is 65.7 Å². The number of carboxylic acids is 2. The normalized spacial score (nSPS) is 22.1. The van der Waals surface area contributed by atoms with Crippen LogP contribution in [0.1, 0.15) is 30.4 Å². The summed E-state index contributed by atoms with van der Waals surface area (Å²) in [6.45, 7) is -0.0913. The van der Waals surface area contributed by atoms with E-state index in [9.17, 15) is 29.4 Å². The first-order chi connectivity index (χ1) is 17.8. The number of hydrogen-bond acceptors (Lipinski definition) is 5. The van der Waals surface area contributed by atoms with Crippen LogP contribution in [0.4, 0.5) is 5.69 Å². The Bertz CT molecular complexity index is 1140. The molecule has 0 aromatic heterocycles. The van der Waals surface area contributed by atoms with Crippen LogP contribution in [0, 0.1) is 0 Å². The quantitative estimate of drug-likeness (QED) is 0.308. The van der Waals surface area contributed by atoms with Crippen molar-refractivity contribution in [2.45, 2.75) is 56.3 Å². The number of carbonyl (C=O) groups excluding carboxylic acids is 2. The molecule has 0 saturated carbocycles. The van der Waals surface area contributed by atoms with Gasteiger partial charge in [-0.25, -0.2) is 9.59 Å². The van der Waals surface area contributed by atoms with Gasteiger partial charge in [-0.3, -0.25) is 14.5 Å². The molecule has 4 rings (SSSR count). The molecule has 2 aliphatic rings. The van der Waals surface area contributed by atoms with E-state index in [0.717, 1.165) is 11.1 Å². The van der Waals surface area contributed by atoms with Gasteiger partial charge in [-0.15, -0.1) is 0 Å². The second-order valence-electron chi connectivity index (χ2n) is 9.63. The molecule has 2 aromatic carbocycles. The third-order valence-electron chi connectivity index (χ3n) is 7.04. The average molecular weight is 512 g/mol. The molecule has 2 aliphatic heterocycles. The van der Waals surface area contributed by atoms with Crippen molar-refractivity contribution in [3.8, 4) is 0 Å². The number of hydrogen-bond donors (Lipinski definition) is 4. The summed E-state index contributed by atoms with van der Waals surface area (Å²) < 4.78 is 5.72. The summed E-state index contributed by atoms with van der Waals surface area (Å²) in [5.41, 5.74) is 2.51. The van der Waals surface area contributed by atoms with Crippen LogP contribution in [0.2, 0.25) is 0 Å². The van der Waals surface area contributed by atoms with Gasteiger partial charge in [0.25, 0.3) is 5.91 Å². The third-order valence-corrected chi connectivity index (χ3v) is 7.04. The summed E-state index contributed by atoms with van der Waals surface area (Å²) in [5, 5.41) is 22.1. The number of aryl methyl sites for hydroxylation is 2. The summed E-state index contributed by atoms with van der Waals surface area (Å²) in [6, 6.07) is 14.9. The highest BCUT2D eigenvalue weighted by atomic mass is 16.5. The molecule has 1 amide bonds. The monoisotopic (exact) mass is 511 g/mol. The maximum atomic E-state index is 13.5. The first-order valence-corrected chi connectivity index (χ1v) is 12.6. The lowest BCUT2D eigenvalue weighted by Crippen LogP contribution is -2.99. The summed E-state index contributed by atoms with van der Waals surface area (Å²) in [7, 11) is 0. The highest BCUT2D eigenvalue weighted by molar-refractivity contribution is 6.01. The lowest BCUT2D eigenvalue weighted by molar-refractivity contribution is -0.700. The predicted molar refractivity (Wildman–Crippen MR) is 132 cm³/mol. The Morgan fingerprint density at radius 2 is 1.81 bits per heavy atom. The highest BCUT2D eigenvalue weighted by Gasteiger charge is 2.40. The van der Waals surface area contributed by atoms with Crippen molar-refractivity contribution in [3.63, 3.8) is 0 Å². The van der Waals surface area contributed by atoms with Crippen LogP contribution >= 0.6 is 0 Å². The second kappa shape index (κ2) is 12.0. The number of ether oxygens (including phenoxy) is 1. The molecule has 1 unspecified atom stereocenters. The molecule has 0 spiro atoms. The molecule has 1 fully saturated rings. The number of benzene rings is 2. The van der Waals surface area contributed by atoms with Crippen LogP contribution in [0.25, 0.3) is 0 Å². The molecule has 10 heteroatoms. The molecule has 2 aromatic rings. The number of anilines is 1. The minimum absolute atomic E-state index is 0.233. The zero-order valence-electron chi connectivity index (χ0n) is 20.5. The van der Waals surface area contributed by atoms with Crippen LogP contribution in [0.3, 0.4) is 0 Å². The maximum Gasteiger partial charge on any atom is 0.365 e. The van der Waals surface area contributed by atoms with Crippen molar-refractivity contribution in [2.24, 2.45) is 0 Å². The van der Waals surface area contributed by atoms with Crippen LogP contribution in [-0.4, -0.2) is 71.3 Å². The topological polar surface area (TPSA) is 154 Å². The van der Waals surface area contributed by atoms with E-state index in [1.165, 1.54) is 4.90 Å². The molecule has 10 nitrogen and oxygen atoms in total. The van der Waals surface area contributed by atoms with E-state index in [1.54, 1.807) is 22.8 Å². The minimum Gasteiger partial charge on any atom is -0.480 e. The Labute approximate surface area is 214 Å². The molecule has 196 valence electrons. The Morgan fingerprint density at radius 1 is 1.08 bits per heavy atom. The molecule has 0 bridgehead atoms. The standard InChI is InChI=1S/C27H31N3O7/c31-24(32)16-30-23-9-5-4-8-18(23)11-13-20(25(30)33)29-21(12-10-17-6-2-1-3-7-17)27(36)37-19-14-22(26(34)35)28-15-19/h1-9,19-22,28-29H,10-16H2,(H,31,32)(H,34,35)/p+2/t19-,20-,21?,22+/m1/s1. The fourth-order valence-electron chi connectivity index (χ4n) is 5.10. The fourth-order valence-corrected chi connectivity index (χ4v) is 5.10. The van der Waals surface area contributed by atoms with Crippen LogP contribution in [0.15, 0.2) is 54.6 Å². The fraction of sp³-hybridized carbons (Fsp3) is 0.407. The first kappa shape index (κ1) is 26.3. The number of fused-ring (bicyclic) bond motifs is 1. The number of amides is 1. The van der Waals surface area contributed by atoms with Gasteiger partial charge in [0.2, 0.25) is 0 Å². The van der Waals surface area contributed by atoms with E-state index in [-0.39, 0.29) is 12.3 Å². The number of quaternary nitrogens is 2. The number of carboxylic acid groups (broad SMARTS) is 2. The van der Waals surface area contributed by atoms with Crippen molar-refractivity contribution in [2.75, 3.05) is 18.0 Å². The van der Waals surface area contributed by atoms with Crippen molar-refractivity contribution < 1.29 is 44.8 Å². The Kier molecular flexibility index (Phi) is 8.52. The van der Waals surface area contributed by atoms with E-state index >= 15 is 0 Å². The molecular formula is C27H33N3O7+2. The highest BCUT2D eigenvalue weighted by Crippen LogP contribution is 2.26. The van der Waals surface area contributed by atoms with Crippen molar-refractivity contribution >= 4 is 29.5 Å². The minimum atomic E-state index is -1.12. The molecule has 4 atom stereocenters. The van der Waals surface area contributed by atoms with Crippen molar-refractivity contribution in [1.82, 2.24) is 0 Å².